The molecule has 1 aromatic heterocycles. The molecule has 0 aromatic carbocycles. The van der Waals surface area contributed by atoms with E-state index in [1.807, 2.05) is 4.90 Å². The number of nitrogens with zero attached hydrogens (tertiary/aromatic N) is 3. The van der Waals surface area contributed by atoms with Gasteiger partial charge in [0.15, 0.2) is 0 Å². The number of amides is 2. The fraction of sp³-hybridized carbons (Fsp3) is 0.688. The minimum atomic E-state index is 0. The molecule has 1 saturated heterocycles. The van der Waals surface area contributed by atoms with Gasteiger partial charge in [-0.2, -0.15) is 0 Å². The Hall–Kier alpha value is -1.31. The first-order chi connectivity index (χ1) is 11.2. The van der Waals surface area contributed by atoms with Crippen LogP contribution < -0.4 is 16.4 Å². The third-order valence-electron chi connectivity index (χ3n) is 4.93. The summed E-state index contributed by atoms with van der Waals surface area (Å²) in [4.78, 5) is 22.8. The third kappa shape index (κ3) is 4.65. The van der Waals surface area contributed by atoms with Crippen molar-refractivity contribution in [1.82, 2.24) is 20.2 Å². The highest BCUT2D eigenvalue weighted by Gasteiger charge is 2.32. The van der Waals surface area contributed by atoms with Crippen LogP contribution in [0.2, 0.25) is 0 Å². The van der Waals surface area contributed by atoms with Gasteiger partial charge in [-0.05, 0) is 25.7 Å². The summed E-state index contributed by atoms with van der Waals surface area (Å²) in [6.07, 6.45) is 4.44. The number of nitrogens with two attached hydrogens (primary N) is 1. The Bertz CT molecular complexity index is 606. The third-order valence-corrected chi connectivity index (χ3v) is 4.93. The first-order valence-electron chi connectivity index (χ1n) is 8.60. The maximum Gasteiger partial charge on any atom is 0.317 e. The average molecular weight is 389 g/mol. The van der Waals surface area contributed by atoms with E-state index in [-0.39, 0.29) is 30.8 Å². The van der Waals surface area contributed by atoms with E-state index >= 15 is 0 Å². The molecule has 0 radical (unpaired) electrons. The standard InChI is InChI=1S/C16H24N6O.2ClH/c17-12-7-11(8-12)13-9-14(21-15(20-13)10-1-2-10)18-3-5-22-6-4-19-16(22)23;;/h9-12H,1-8,17H2,(H,19,23)(H,18,20,21);2*1H. The fourth-order valence-electron chi connectivity index (χ4n) is 3.26. The zero-order valence-corrected chi connectivity index (χ0v) is 15.7. The molecule has 0 bridgehead atoms. The molecule has 0 unspecified atom stereocenters. The highest BCUT2D eigenvalue weighted by Crippen LogP contribution is 2.41. The predicted molar refractivity (Wildman–Crippen MR) is 102 cm³/mol. The van der Waals surface area contributed by atoms with Crippen molar-refractivity contribution in [3.8, 4) is 0 Å². The summed E-state index contributed by atoms with van der Waals surface area (Å²) in [5, 5.41) is 6.18. The van der Waals surface area contributed by atoms with Crippen LogP contribution in [-0.2, 0) is 0 Å². The largest absolute Gasteiger partial charge is 0.368 e. The summed E-state index contributed by atoms with van der Waals surface area (Å²) in [6, 6.07) is 2.41. The van der Waals surface area contributed by atoms with E-state index in [1.165, 1.54) is 12.8 Å². The number of carbonyl (C=O) groups excluding carboxylic acids is 1. The van der Waals surface area contributed by atoms with Crippen molar-refractivity contribution < 1.29 is 4.79 Å². The monoisotopic (exact) mass is 388 g/mol. The lowest BCUT2D eigenvalue weighted by molar-refractivity contribution is 0.219. The zero-order chi connectivity index (χ0) is 15.8. The van der Waals surface area contributed by atoms with E-state index in [2.05, 4.69) is 21.7 Å². The normalized spacial score (nSPS) is 24.7. The minimum absolute atomic E-state index is 0. The van der Waals surface area contributed by atoms with E-state index in [0.29, 0.717) is 31.0 Å². The van der Waals surface area contributed by atoms with E-state index in [9.17, 15) is 4.79 Å². The van der Waals surface area contributed by atoms with Gasteiger partial charge in [0, 0.05) is 55.8 Å². The van der Waals surface area contributed by atoms with Gasteiger partial charge in [-0.1, -0.05) is 0 Å². The zero-order valence-electron chi connectivity index (χ0n) is 14.1. The first kappa shape index (κ1) is 20.0. The maximum absolute atomic E-state index is 11.5. The number of carbonyl (C=O) groups is 1. The molecule has 2 heterocycles. The van der Waals surface area contributed by atoms with Crippen molar-refractivity contribution in [2.45, 2.75) is 43.6 Å². The Morgan fingerprint density at radius 3 is 2.60 bits per heavy atom. The molecular weight excluding hydrogens is 363 g/mol. The first-order valence-corrected chi connectivity index (χ1v) is 8.60. The van der Waals surface area contributed by atoms with Gasteiger partial charge >= 0.3 is 6.03 Å². The minimum Gasteiger partial charge on any atom is -0.368 e. The second-order valence-corrected chi connectivity index (χ2v) is 6.88. The van der Waals surface area contributed by atoms with Crippen LogP contribution in [0.3, 0.4) is 0 Å². The van der Waals surface area contributed by atoms with Crippen molar-refractivity contribution >= 4 is 36.7 Å². The molecule has 4 rings (SSSR count). The van der Waals surface area contributed by atoms with Gasteiger partial charge in [-0.25, -0.2) is 14.8 Å². The quantitative estimate of drug-likeness (QED) is 0.690. The van der Waals surface area contributed by atoms with Crippen LogP contribution in [0.15, 0.2) is 6.07 Å². The summed E-state index contributed by atoms with van der Waals surface area (Å²) in [6.45, 7) is 2.92. The van der Waals surface area contributed by atoms with Gasteiger partial charge in [0.05, 0.1) is 0 Å². The van der Waals surface area contributed by atoms with Crippen molar-refractivity contribution in [2.24, 2.45) is 5.73 Å². The molecule has 0 spiro atoms. The molecule has 140 valence electrons. The van der Waals surface area contributed by atoms with E-state index in [4.69, 9.17) is 10.7 Å². The average Bonchev–Trinajstić information content (AvgIpc) is 3.28. The molecular formula is C16H26Cl2N6O. The smallest absolute Gasteiger partial charge is 0.317 e. The lowest BCUT2D eigenvalue weighted by Gasteiger charge is -2.32. The van der Waals surface area contributed by atoms with E-state index < -0.39 is 0 Å². The molecule has 1 aromatic rings. The van der Waals surface area contributed by atoms with Crippen LogP contribution >= 0.6 is 24.8 Å². The molecule has 3 fully saturated rings. The van der Waals surface area contributed by atoms with Crippen LogP contribution in [0.1, 0.15) is 49.0 Å². The molecule has 7 nitrogen and oxygen atoms in total. The number of hydrogen-bond donors (Lipinski definition) is 3. The van der Waals surface area contributed by atoms with Crippen molar-refractivity contribution in [1.29, 1.82) is 0 Å². The number of hydrogen-bond acceptors (Lipinski definition) is 5. The van der Waals surface area contributed by atoms with E-state index in [0.717, 1.165) is 43.3 Å². The van der Waals surface area contributed by atoms with Gasteiger partial charge in [-0.15, -0.1) is 24.8 Å². The number of nitrogens with one attached hydrogen (secondary N) is 2. The molecule has 4 N–H and O–H groups in total. The number of urea groups is 1. The highest BCUT2D eigenvalue weighted by molar-refractivity contribution is 5.85. The molecule has 0 atom stereocenters. The maximum atomic E-state index is 11.5. The Morgan fingerprint density at radius 2 is 2.00 bits per heavy atom. The molecule has 1 aliphatic heterocycles. The van der Waals surface area contributed by atoms with Crippen molar-refractivity contribution in [3.05, 3.63) is 17.6 Å². The molecule has 2 aliphatic carbocycles. The summed E-state index contributed by atoms with van der Waals surface area (Å²) < 4.78 is 0. The summed E-state index contributed by atoms with van der Waals surface area (Å²) in [5.74, 6) is 2.88. The number of rotatable bonds is 6. The summed E-state index contributed by atoms with van der Waals surface area (Å²) >= 11 is 0. The van der Waals surface area contributed by atoms with Gasteiger partial charge in [-0.3, -0.25) is 0 Å². The molecule has 9 heteroatoms. The van der Waals surface area contributed by atoms with Gasteiger partial charge < -0.3 is 21.3 Å². The van der Waals surface area contributed by atoms with E-state index in [1.54, 1.807) is 0 Å². The number of anilines is 1. The highest BCUT2D eigenvalue weighted by atomic mass is 35.5. The SMILES string of the molecule is Cl.Cl.NC1CC(c2cc(NCCN3CCNC3=O)nc(C3CC3)n2)C1. The fourth-order valence-corrected chi connectivity index (χ4v) is 3.26. The van der Waals surface area contributed by atoms with Gasteiger partial charge in [0.1, 0.15) is 11.6 Å². The van der Waals surface area contributed by atoms with Crippen molar-refractivity contribution in [3.63, 3.8) is 0 Å². The Kier molecular flexibility index (Phi) is 6.71. The van der Waals surface area contributed by atoms with Crippen LogP contribution in [0.25, 0.3) is 0 Å². The number of halogens is 2. The second-order valence-electron chi connectivity index (χ2n) is 6.88. The van der Waals surface area contributed by atoms with Gasteiger partial charge in [0.25, 0.3) is 0 Å². The molecule has 3 aliphatic rings. The summed E-state index contributed by atoms with van der Waals surface area (Å²) in [5.41, 5.74) is 7.04. The molecule has 2 amide bonds. The second kappa shape index (κ2) is 8.38. The lowest BCUT2D eigenvalue weighted by Crippen LogP contribution is -2.35. The van der Waals surface area contributed by atoms with Crippen LogP contribution in [0.4, 0.5) is 10.6 Å². The Morgan fingerprint density at radius 1 is 1.24 bits per heavy atom. The lowest BCUT2D eigenvalue weighted by atomic mass is 9.78. The molecule has 25 heavy (non-hydrogen) atoms. The molecule has 2 saturated carbocycles. The van der Waals surface area contributed by atoms with Crippen LogP contribution in [0, 0.1) is 0 Å². The number of aromatic nitrogens is 2. The van der Waals surface area contributed by atoms with Crippen molar-refractivity contribution in [2.75, 3.05) is 31.5 Å². The van der Waals surface area contributed by atoms with Crippen LogP contribution in [-0.4, -0.2) is 53.1 Å². The Balaban J connectivity index is 0.00000113. The summed E-state index contributed by atoms with van der Waals surface area (Å²) in [7, 11) is 0. The predicted octanol–water partition coefficient (Wildman–Crippen LogP) is 1.84. The topological polar surface area (TPSA) is 96.2 Å². The van der Waals surface area contributed by atoms with Gasteiger partial charge in [0.2, 0.25) is 0 Å². The van der Waals surface area contributed by atoms with Crippen LogP contribution in [0.5, 0.6) is 0 Å². The Labute approximate surface area is 160 Å².